The van der Waals surface area contributed by atoms with Crippen LogP contribution in [-0.2, 0) is 16.2 Å². The van der Waals surface area contributed by atoms with Gasteiger partial charge in [-0.1, -0.05) is 29.4 Å². The van der Waals surface area contributed by atoms with Gasteiger partial charge in [0.25, 0.3) is 0 Å². The van der Waals surface area contributed by atoms with Crippen LogP contribution in [0.25, 0.3) is 10.9 Å². The Labute approximate surface area is 211 Å². The predicted octanol–water partition coefficient (Wildman–Crippen LogP) is 3.11. The van der Waals surface area contributed by atoms with E-state index in [1.165, 1.54) is 0 Å². The summed E-state index contributed by atoms with van der Waals surface area (Å²) >= 11 is 0. The Morgan fingerprint density at radius 3 is 2.42 bits per heavy atom. The lowest BCUT2D eigenvalue weighted by Gasteiger charge is -2.37. The molecule has 3 aromatic rings. The monoisotopic (exact) mass is 487 g/mol. The van der Waals surface area contributed by atoms with Crippen LogP contribution < -0.4 is 5.73 Å². The second-order valence-electron chi connectivity index (χ2n) is 9.65. The number of aromatic nitrogens is 3. The molecule has 4 heterocycles. The Morgan fingerprint density at radius 1 is 1.00 bits per heavy atom. The molecule has 5 rings (SSSR count). The second kappa shape index (κ2) is 11.0. The molecule has 0 radical (unpaired) electrons. The summed E-state index contributed by atoms with van der Waals surface area (Å²) in [7, 11) is 1.58. The Hall–Kier alpha value is -3.59. The molecule has 0 atom stereocenters. The number of pyridine rings is 1. The molecule has 0 saturated carbocycles. The number of hydrogen-bond acceptors (Lipinski definition) is 8. The standard InChI is InChI=1S/C27H33N7O2/c1-36-32-25(24-7-6-20-4-2-3-5-23(20)31-24)21-10-14-34(15-11-21)26(35)22-8-12-33(13-9-22)18-19-16-29-27(28)30-17-19/h2-7,16-17,21-22H,8-15,18H2,1H3,(H2,28,29,30). The maximum absolute atomic E-state index is 13.3. The molecule has 2 saturated heterocycles. The normalized spacial score (nSPS) is 18.5. The second-order valence-corrected chi connectivity index (χ2v) is 9.65. The number of rotatable bonds is 6. The average Bonchev–Trinajstić information content (AvgIpc) is 2.93. The first-order valence-electron chi connectivity index (χ1n) is 12.7. The van der Waals surface area contributed by atoms with Gasteiger partial charge in [-0.2, -0.15) is 0 Å². The van der Waals surface area contributed by atoms with Gasteiger partial charge in [0.2, 0.25) is 11.9 Å². The molecule has 0 unspecified atom stereocenters. The quantitative estimate of drug-likeness (QED) is 0.420. The number of piperidine rings is 2. The third-order valence-corrected chi connectivity index (χ3v) is 7.31. The smallest absolute Gasteiger partial charge is 0.225 e. The third kappa shape index (κ3) is 5.46. The summed E-state index contributed by atoms with van der Waals surface area (Å²) in [6, 6.07) is 12.2. The summed E-state index contributed by atoms with van der Waals surface area (Å²) in [5, 5.41) is 5.46. The number of fused-ring (bicyclic) bond motifs is 1. The van der Waals surface area contributed by atoms with Gasteiger partial charge in [0.05, 0.1) is 11.2 Å². The van der Waals surface area contributed by atoms with Crippen LogP contribution in [0.4, 0.5) is 5.95 Å². The molecule has 0 spiro atoms. The summed E-state index contributed by atoms with van der Waals surface area (Å²) in [5.41, 5.74) is 9.29. The largest absolute Gasteiger partial charge is 0.399 e. The minimum atomic E-state index is 0.0923. The first-order valence-corrected chi connectivity index (χ1v) is 12.7. The molecule has 1 aromatic carbocycles. The molecule has 9 nitrogen and oxygen atoms in total. The van der Waals surface area contributed by atoms with Crippen molar-refractivity contribution >= 4 is 28.5 Å². The van der Waals surface area contributed by atoms with E-state index < -0.39 is 0 Å². The van der Waals surface area contributed by atoms with Crippen molar-refractivity contribution in [3.8, 4) is 0 Å². The lowest BCUT2D eigenvalue weighted by molar-refractivity contribution is -0.138. The van der Waals surface area contributed by atoms with E-state index in [4.69, 9.17) is 15.6 Å². The van der Waals surface area contributed by atoms with Gasteiger partial charge >= 0.3 is 0 Å². The molecule has 188 valence electrons. The highest BCUT2D eigenvalue weighted by Gasteiger charge is 2.33. The van der Waals surface area contributed by atoms with Crippen LogP contribution in [0.5, 0.6) is 0 Å². The van der Waals surface area contributed by atoms with Crippen molar-refractivity contribution in [3.05, 3.63) is 60.0 Å². The van der Waals surface area contributed by atoms with E-state index >= 15 is 0 Å². The summed E-state index contributed by atoms with van der Waals surface area (Å²) in [5.74, 6) is 0.889. The van der Waals surface area contributed by atoms with Crippen molar-refractivity contribution < 1.29 is 9.63 Å². The van der Waals surface area contributed by atoms with Gasteiger partial charge in [-0.15, -0.1) is 0 Å². The van der Waals surface area contributed by atoms with Crippen molar-refractivity contribution in [1.82, 2.24) is 24.8 Å². The molecule has 36 heavy (non-hydrogen) atoms. The van der Waals surface area contributed by atoms with Gasteiger partial charge in [0.15, 0.2) is 0 Å². The van der Waals surface area contributed by atoms with Crippen molar-refractivity contribution in [2.75, 3.05) is 39.0 Å². The number of anilines is 1. The van der Waals surface area contributed by atoms with Gasteiger partial charge in [-0.25, -0.2) is 15.0 Å². The molecule has 2 fully saturated rings. The number of nitrogens with zero attached hydrogens (tertiary/aromatic N) is 6. The maximum Gasteiger partial charge on any atom is 0.225 e. The van der Waals surface area contributed by atoms with E-state index in [9.17, 15) is 4.79 Å². The van der Waals surface area contributed by atoms with Gasteiger partial charge in [0.1, 0.15) is 12.8 Å². The minimum absolute atomic E-state index is 0.0923. The highest BCUT2D eigenvalue weighted by atomic mass is 16.6. The Kier molecular flexibility index (Phi) is 7.36. The number of carbonyl (C=O) groups is 1. The third-order valence-electron chi connectivity index (χ3n) is 7.31. The van der Waals surface area contributed by atoms with Gasteiger partial charge in [-0.3, -0.25) is 9.69 Å². The zero-order chi connectivity index (χ0) is 24.9. The molecular weight excluding hydrogens is 454 g/mol. The molecule has 9 heteroatoms. The number of benzene rings is 1. The Balaban J connectivity index is 1.15. The SMILES string of the molecule is CON=C(c1ccc2ccccc2n1)C1CCN(C(=O)C2CCN(Cc3cnc(N)nc3)CC2)CC1. The number of likely N-dealkylation sites (tertiary alicyclic amines) is 2. The number of carbonyl (C=O) groups excluding carboxylic acids is 1. The molecule has 2 aromatic heterocycles. The van der Waals surface area contributed by atoms with E-state index in [-0.39, 0.29) is 17.7 Å². The number of para-hydroxylation sites is 1. The number of amides is 1. The van der Waals surface area contributed by atoms with Crippen LogP contribution in [0.2, 0.25) is 0 Å². The van der Waals surface area contributed by atoms with Crippen LogP contribution in [0, 0.1) is 11.8 Å². The predicted molar refractivity (Wildman–Crippen MR) is 139 cm³/mol. The van der Waals surface area contributed by atoms with Gasteiger partial charge < -0.3 is 15.5 Å². The summed E-state index contributed by atoms with van der Waals surface area (Å²) < 4.78 is 0. The fourth-order valence-electron chi connectivity index (χ4n) is 5.31. The fraction of sp³-hybridized carbons (Fsp3) is 0.444. The highest BCUT2D eigenvalue weighted by molar-refractivity contribution is 6.02. The average molecular weight is 488 g/mol. The molecular formula is C27H33N7O2. The summed E-state index contributed by atoms with van der Waals surface area (Å²) in [6.07, 6.45) is 7.03. The van der Waals surface area contributed by atoms with Crippen LogP contribution in [0.3, 0.4) is 0 Å². The summed E-state index contributed by atoms with van der Waals surface area (Å²) in [6.45, 7) is 4.06. The molecule has 1 amide bonds. The fourth-order valence-corrected chi connectivity index (χ4v) is 5.31. The Morgan fingerprint density at radius 2 is 1.69 bits per heavy atom. The molecule has 0 aliphatic carbocycles. The lowest BCUT2D eigenvalue weighted by atomic mass is 9.88. The molecule has 2 aliphatic heterocycles. The molecule has 2 aliphatic rings. The first-order chi connectivity index (χ1) is 17.6. The molecule has 2 N–H and O–H groups in total. The first kappa shape index (κ1) is 24.1. The highest BCUT2D eigenvalue weighted by Crippen LogP contribution is 2.27. The number of nitrogens with two attached hydrogens (primary N) is 1. The van der Waals surface area contributed by atoms with Crippen molar-refractivity contribution in [2.24, 2.45) is 17.0 Å². The van der Waals surface area contributed by atoms with Crippen molar-refractivity contribution in [2.45, 2.75) is 32.2 Å². The van der Waals surface area contributed by atoms with Gasteiger partial charge in [-0.05, 0) is 50.9 Å². The lowest BCUT2D eigenvalue weighted by Crippen LogP contribution is -2.46. The van der Waals surface area contributed by atoms with E-state index in [1.54, 1.807) is 19.5 Å². The number of nitrogen functional groups attached to an aromatic ring is 1. The van der Waals surface area contributed by atoms with Crippen molar-refractivity contribution in [1.29, 1.82) is 0 Å². The van der Waals surface area contributed by atoms with Crippen molar-refractivity contribution in [3.63, 3.8) is 0 Å². The zero-order valence-corrected chi connectivity index (χ0v) is 20.7. The molecule has 0 bridgehead atoms. The van der Waals surface area contributed by atoms with E-state index in [0.717, 1.165) is 86.3 Å². The van der Waals surface area contributed by atoms with Crippen LogP contribution in [-0.4, -0.2) is 69.7 Å². The topological polar surface area (TPSA) is 110 Å². The maximum atomic E-state index is 13.3. The van der Waals surface area contributed by atoms with Crippen LogP contribution >= 0.6 is 0 Å². The van der Waals surface area contributed by atoms with E-state index in [2.05, 4.69) is 32.2 Å². The minimum Gasteiger partial charge on any atom is -0.399 e. The van der Waals surface area contributed by atoms with E-state index in [0.29, 0.717) is 5.95 Å². The number of hydrogen-bond donors (Lipinski definition) is 1. The Bertz CT molecular complexity index is 1210. The van der Waals surface area contributed by atoms with Crippen LogP contribution in [0.15, 0.2) is 53.9 Å². The van der Waals surface area contributed by atoms with Gasteiger partial charge in [0, 0.05) is 54.8 Å². The number of oxime groups is 1. The van der Waals surface area contributed by atoms with E-state index in [1.807, 2.05) is 29.2 Å². The zero-order valence-electron chi connectivity index (χ0n) is 20.7. The summed E-state index contributed by atoms with van der Waals surface area (Å²) in [4.78, 5) is 35.9. The van der Waals surface area contributed by atoms with Crippen LogP contribution in [0.1, 0.15) is 36.9 Å².